The van der Waals surface area contributed by atoms with Crippen molar-refractivity contribution in [2.45, 2.75) is 11.3 Å². The standard InChI is InChI=1S/C14H12ClNO4S/c15-13-9-11(4-5-12(13)14(17)18)21(19,20)8-6-10-3-1-2-7-16-10/h1-5,7,9H,6,8H2,(H,17,18). The fourth-order valence-corrected chi connectivity index (χ4v) is 3.38. The smallest absolute Gasteiger partial charge is 0.337 e. The van der Waals surface area contributed by atoms with Crippen LogP contribution in [-0.2, 0) is 16.3 Å². The van der Waals surface area contributed by atoms with E-state index < -0.39 is 15.8 Å². The minimum atomic E-state index is -3.54. The van der Waals surface area contributed by atoms with Crippen molar-refractivity contribution in [2.24, 2.45) is 0 Å². The molecular formula is C14H12ClNO4S. The number of pyridine rings is 1. The highest BCUT2D eigenvalue weighted by Crippen LogP contribution is 2.22. The van der Waals surface area contributed by atoms with Crippen molar-refractivity contribution < 1.29 is 18.3 Å². The van der Waals surface area contributed by atoms with Crippen LogP contribution in [-0.4, -0.2) is 30.2 Å². The first-order valence-electron chi connectivity index (χ1n) is 6.05. The molecule has 0 aliphatic heterocycles. The molecule has 110 valence electrons. The van der Waals surface area contributed by atoms with Gasteiger partial charge in [-0.15, -0.1) is 0 Å². The van der Waals surface area contributed by atoms with Crippen molar-refractivity contribution in [1.82, 2.24) is 4.98 Å². The maximum Gasteiger partial charge on any atom is 0.337 e. The lowest BCUT2D eigenvalue weighted by Crippen LogP contribution is -2.10. The number of nitrogens with zero attached hydrogens (tertiary/aromatic N) is 1. The van der Waals surface area contributed by atoms with E-state index in [0.29, 0.717) is 5.69 Å². The van der Waals surface area contributed by atoms with Crippen LogP contribution in [0.3, 0.4) is 0 Å². The Labute approximate surface area is 127 Å². The lowest BCUT2D eigenvalue weighted by Gasteiger charge is -2.06. The Kier molecular flexibility index (Phi) is 4.59. The minimum absolute atomic E-state index is 0.00781. The van der Waals surface area contributed by atoms with Crippen molar-refractivity contribution >= 4 is 27.4 Å². The van der Waals surface area contributed by atoms with Gasteiger partial charge < -0.3 is 5.11 Å². The molecule has 0 saturated carbocycles. The molecule has 21 heavy (non-hydrogen) atoms. The van der Waals surface area contributed by atoms with Gasteiger partial charge in [0.25, 0.3) is 0 Å². The summed E-state index contributed by atoms with van der Waals surface area (Å²) in [6, 6.07) is 8.89. The first kappa shape index (κ1) is 15.5. The Balaban J connectivity index is 2.20. The number of halogens is 1. The summed E-state index contributed by atoms with van der Waals surface area (Å²) in [6.45, 7) is 0. The fraction of sp³-hybridized carbons (Fsp3) is 0.143. The third-order valence-corrected chi connectivity index (χ3v) is 4.91. The van der Waals surface area contributed by atoms with E-state index in [-0.39, 0.29) is 27.7 Å². The van der Waals surface area contributed by atoms with Gasteiger partial charge in [0.1, 0.15) is 0 Å². The van der Waals surface area contributed by atoms with Gasteiger partial charge in [-0.2, -0.15) is 0 Å². The molecule has 2 rings (SSSR count). The van der Waals surface area contributed by atoms with Crippen LogP contribution in [0, 0.1) is 0 Å². The van der Waals surface area contributed by atoms with E-state index in [1.54, 1.807) is 24.4 Å². The van der Waals surface area contributed by atoms with Crippen LogP contribution in [0.15, 0.2) is 47.5 Å². The fourth-order valence-electron chi connectivity index (χ4n) is 1.77. The van der Waals surface area contributed by atoms with Gasteiger partial charge >= 0.3 is 5.97 Å². The van der Waals surface area contributed by atoms with Gasteiger partial charge in [0.15, 0.2) is 9.84 Å². The first-order valence-corrected chi connectivity index (χ1v) is 8.09. The molecule has 0 saturated heterocycles. The number of benzene rings is 1. The molecule has 0 unspecified atom stereocenters. The number of carboxylic acids is 1. The van der Waals surface area contributed by atoms with Crippen LogP contribution in [0.5, 0.6) is 0 Å². The van der Waals surface area contributed by atoms with Crippen molar-refractivity contribution in [3.8, 4) is 0 Å². The first-order chi connectivity index (χ1) is 9.90. The maximum absolute atomic E-state index is 12.2. The summed E-state index contributed by atoms with van der Waals surface area (Å²) in [5, 5.41) is 8.77. The second-order valence-corrected chi connectivity index (χ2v) is 6.85. The second-order valence-electron chi connectivity index (χ2n) is 4.34. The lowest BCUT2D eigenvalue weighted by molar-refractivity contribution is 0.0697. The zero-order valence-corrected chi connectivity index (χ0v) is 12.4. The molecule has 0 spiro atoms. The minimum Gasteiger partial charge on any atom is -0.478 e. The predicted octanol–water partition coefficient (Wildman–Crippen LogP) is 2.45. The quantitative estimate of drug-likeness (QED) is 0.912. The Hall–Kier alpha value is -1.92. The summed E-state index contributed by atoms with van der Waals surface area (Å²) < 4.78 is 24.4. The summed E-state index contributed by atoms with van der Waals surface area (Å²) in [5.74, 6) is -1.32. The third-order valence-electron chi connectivity index (χ3n) is 2.88. The van der Waals surface area contributed by atoms with E-state index in [1.807, 2.05) is 0 Å². The van der Waals surface area contributed by atoms with E-state index in [1.165, 1.54) is 18.2 Å². The molecule has 1 aromatic carbocycles. The molecule has 0 aliphatic rings. The number of aromatic carboxylic acids is 1. The van der Waals surface area contributed by atoms with Crippen LogP contribution in [0.4, 0.5) is 0 Å². The molecule has 7 heteroatoms. The SMILES string of the molecule is O=C(O)c1ccc(S(=O)(=O)CCc2ccccn2)cc1Cl. The van der Waals surface area contributed by atoms with Crippen molar-refractivity contribution in [3.05, 3.63) is 58.9 Å². The molecule has 5 nitrogen and oxygen atoms in total. The Morgan fingerprint density at radius 2 is 2.00 bits per heavy atom. The molecule has 0 amide bonds. The van der Waals surface area contributed by atoms with Crippen LogP contribution in [0.2, 0.25) is 5.02 Å². The molecule has 2 aromatic rings. The summed E-state index contributed by atoms with van der Waals surface area (Å²) in [5.41, 5.74) is 0.551. The number of aromatic nitrogens is 1. The zero-order chi connectivity index (χ0) is 15.5. The monoisotopic (exact) mass is 325 g/mol. The van der Waals surface area contributed by atoms with Gasteiger partial charge in [0.2, 0.25) is 0 Å². The Morgan fingerprint density at radius 1 is 1.24 bits per heavy atom. The third kappa shape index (κ3) is 3.80. The average Bonchev–Trinajstić information content (AvgIpc) is 2.46. The summed E-state index contributed by atoms with van der Waals surface area (Å²) >= 11 is 5.79. The topological polar surface area (TPSA) is 84.3 Å². The highest BCUT2D eigenvalue weighted by Gasteiger charge is 2.18. The molecule has 0 bridgehead atoms. The average molecular weight is 326 g/mol. The molecule has 1 heterocycles. The summed E-state index contributed by atoms with van der Waals surface area (Å²) in [6.07, 6.45) is 1.88. The number of carboxylic acid groups (broad SMARTS) is 1. The molecule has 1 aromatic heterocycles. The largest absolute Gasteiger partial charge is 0.478 e. The molecule has 0 aliphatic carbocycles. The number of hydrogen-bond donors (Lipinski definition) is 1. The van der Waals surface area contributed by atoms with Crippen molar-refractivity contribution in [3.63, 3.8) is 0 Å². The van der Waals surface area contributed by atoms with E-state index in [9.17, 15) is 13.2 Å². The Bertz CT molecular complexity index is 760. The van der Waals surface area contributed by atoms with Gasteiger partial charge in [-0.1, -0.05) is 17.7 Å². The van der Waals surface area contributed by atoms with Gasteiger partial charge in [0, 0.05) is 18.3 Å². The van der Waals surface area contributed by atoms with E-state index in [0.717, 1.165) is 0 Å². The van der Waals surface area contributed by atoms with Crippen molar-refractivity contribution in [1.29, 1.82) is 0 Å². The molecule has 0 radical (unpaired) electrons. The van der Waals surface area contributed by atoms with E-state index in [4.69, 9.17) is 16.7 Å². The maximum atomic E-state index is 12.2. The van der Waals surface area contributed by atoms with Crippen LogP contribution >= 0.6 is 11.6 Å². The number of carbonyl (C=O) groups is 1. The Morgan fingerprint density at radius 3 is 2.57 bits per heavy atom. The van der Waals surface area contributed by atoms with Gasteiger partial charge in [0.05, 0.1) is 21.2 Å². The zero-order valence-electron chi connectivity index (χ0n) is 10.9. The van der Waals surface area contributed by atoms with Gasteiger partial charge in [-0.25, -0.2) is 13.2 Å². The highest BCUT2D eigenvalue weighted by atomic mass is 35.5. The number of aryl methyl sites for hydroxylation is 1. The highest BCUT2D eigenvalue weighted by molar-refractivity contribution is 7.91. The number of sulfone groups is 1. The summed E-state index contributed by atoms with van der Waals surface area (Å²) in [4.78, 5) is 14.9. The predicted molar refractivity (Wildman–Crippen MR) is 78.4 cm³/mol. The van der Waals surface area contributed by atoms with Crippen LogP contribution in [0.1, 0.15) is 16.1 Å². The molecule has 0 atom stereocenters. The van der Waals surface area contributed by atoms with Crippen LogP contribution in [0.25, 0.3) is 0 Å². The summed E-state index contributed by atoms with van der Waals surface area (Å²) in [7, 11) is -3.54. The molecular weight excluding hydrogens is 314 g/mol. The van der Waals surface area contributed by atoms with E-state index >= 15 is 0 Å². The van der Waals surface area contributed by atoms with Gasteiger partial charge in [-0.3, -0.25) is 4.98 Å². The molecule has 1 N–H and O–H groups in total. The lowest BCUT2D eigenvalue weighted by atomic mass is 10.2. The molecule has 0 fully saturated rings. The number of hydrogen-bond acceptors (Lipinski definition) is 4. The second kappa shape index (κ2) is 6.24. The van der Waals surface area contributed by atoms with Crippen molar-refractivity contribution in [2.75, 3.05) is 5.75 Å². The number of rotatable bonds is 5. The van der Waals surface area contributed by atoms with E-state index in [2.05, 4.69) is 4.98 Å². The van der Waals surface area contributed by atoms with Gasteiger partial charge in [-0.05, 0) is 30.3 Å². The normalized spacial score (nSPS) is 11.3. The van der Waals surface area contributed by atoms with Crippen LogP contribution < -0.4 is 0 Å².